The first-order valence-electron chi connectivity index (χ1n) is 22.7. The number of nitrogens with zero attached hydrogens (tertiary/aromatic N) is 1. The van der Waals surface area contributed by atoms with Crippen LogP contribution in [0.5, 0.6) is 0 Å². The fraction of sp³-hybridized carbons (Fsp3) is 0.771. The molecule has 0 heterocycles. The Labute approximate surface area is 344 Å². The lowest BCUT2D eigenvalue weighted by atomic mass is 10.1. The molecule has 0 amide bonds. The van der Waals surface area contributed by atoms with Crippen LogP contribution in [0.25, 0.3) is 0 Å². The van der Waals surface area contributed by atoms with Gasteiger partial charge in [0.15, 0.2) is 6.10 Å². The first-order chi connectivity index (χ1) is 27.1. The molecule has 324 valence electrons. The van der Waals surface area contributed by atoms with Crippen molar-refractivity contribution in [3.8, 4) is 0 Å². The molecule has 0 radical (unpaired) electrons. The Hall–Kier alpha value is -2.71. The van der Waals surface area contributed by atoms with Crippen LogP contribution >= 0.6 is 0 Å². The average molecular weight is 788 g/mol. The third-order valence-corrected chi connectivity index (χ3v) is 9.94. The molecule has 0 bridgehead atoms. The van der Waals surface area contributed by atoms with Crippen molar-refractivity contribution in [3.63, 3.8) is 0 Å². The van der Waals surface area contributed by atoms with Crippen molar-refractivity contribution in [2.75, 3.05) is 41.0 Å². The topological polar surface area (TPSA) is 102 Å². The van der Waals surface area contributed by atoms with Gasteiger partial charge in [-0.1, -0.05) is 146 Å². The van der Waals surface area contributed by atoms with Gasteiger partial charge in [0.1, 0.15) is 12.6 Å². The lowest BCUT2D eigenvalue weighted by molar-refractivity contribution is -0.889. The van der Waals surface area contributed by atoms with E-state index in [0.29, 0.717) is 12.8 Å². The van der Waals surface area contributed by atoms with Crippen LogP contribution in [-0.2, 0) is 28.6 Å². The number of rotatable bonds is 40. The number of ether oxygens (including phenoxy) is 3. The monoisotopic (exact) mass is 788 g/mol. The Balaban J connectivity index is 4.42. The highest BCUT2D eigenvalue weighted by molar-refractivity contribution is 5.70. The van der Waals surface area contributed by atoms with Gasteiger partial charge in [-0.15, -0.1) is 0 Å². The summed E-state index contributed by atoms with van der Waals surface area (Å²) in [6.07, 6.45) is 45.7. The third-order valence-electron chi connectivity index (χ3n) is 9.94. The van der Waals surface area contributed by atoms with E-state index in [2.05, 4.69) is 62.5 Å². The second-order valence-corrected chi connectivity index (χ2v) is 16.3. The van der Waals surface area contributed by atoms with E-state index in [1.54, 1.807) is 21.1 Å². The molecule has 56 heavy (non-hydrogen) atoms. The van der Waals surface area contributed by atoms with Gasteiger partial charge in [0.2, 0.25) is 0 Å². The number of quaternary nitrogens is 1. The van der Waals surface area contributed by atoms with Crippen LogP contribution in [-0.4, -0.2) is 75.5 Å². The second kappa shape index (κ2) is 39.1. The quantitative estimate of drug-likeness (QED) is 0.0264. The summed E-state index contributed by atoms with van der Waals surface area (Å²) in [5.74, 6) is -1.81. The number of unbranched alkanes of at least 4 members (excludes halogenated alkanes) is 18. The van der Waals surface area contributed by atoms with Gasteiger partial charge in [0.25, 0.3) is 0 Å². The third kappa shape index (κ3) is 36.9. The zero-order chi connectivity index (χ0) is 41.4. The van der Waals surface area contributed by atoms with Gasteiger partial charge in [0.05, 0.1) is 40.3 Å². The number of aliphatic carboxylic acids is 1. The molecule has 0 aromatic rings. The first kappa shape index (κ1) is 53.3. The zero-order valence-corrected chi connectivity index (χ0v) is 36.8. The van der Waals surface area contributed by atoms with Crippen molar-refractivity contribution in [1.29, 1.82) is 0 Å². The predicted octanol–water partition coefficient (Wildman–Crippen LogP) is 11.1. The molecular formula is C48H85NO7. The summed E-state index contributed by atoms with van der Waals surface area (Å²) in [5, 5.41) is 11.6. The molecule has 0 rings (SSSR count). The van der Waals surface area contributed by atoms with Crippen molar-refractivity contribution in [3.05, 3.63) is 48.6 Å². The molecule has 2 unspecified atom stereocenters. The number of carboxylic acid groups (broad SMARTS) is 1. The number of allylic oxidation sites excluding steroid dienone is 8. The summed E-state index contributed by atoms with van der Waals surface area (Å²) in [7, 11) is 5.39. The molecule has 0 aromatic carbocycles. The van der Waals surface area contributed by atoms with Gasteiger partial charge in [0, 0.05) is 19.3 Å². The van der Waals surface area contributed by atoms with Crippen LogP contribution in [0.2, 0.25) is 0 Å². The maximum Gasteiger partial charge on any atom is 0.306 e. The van der Waals surface area contributed by atoms with E-state index < -0.39 is 18.1 Å². The first-order valence-corrected chi connectivity index (χ1v) is 22.7. The van der Waals surface area contributed by atoms with Crippen LogP contribution in [0.3, 0.4) is 0 Å². The number of esters is 2. The molecule has 0 saturated carbocycles. The maximum atomic E-state index is 12.7. The number of carbonyl (C=O) groups is 3. The van der Waals surface area contributed by atoms with Gasteiger partial charge in [-0.3, -0.25) is 9.59 Å². The molecule has 8 nitrogen and oxygen atoms in total. The Morgan fingerprint density at radius 1 is 0.536 bits per heavy atom. The fourth-order valence-electron chi connectivity index (χ4n) is 6.37. The van der Waals surface area contributed by atoms with E-state index >= 15 is 0 Å². The highest BCUT2D eigenvalue weighted by Crippen LogP contribution is 2.13. The van der Waals surface area contributed by atoms with E-state index in [-0.39, 0.29) is 49.1 Å². The van der Waals surface area contributed by atoms with E-state index in [0.717, 1.165) is 38.5 Å². The van der Waals surface area contributed by atoms with Gasteiger partial charge >= 0.3 is 11.9 Å². The summed E-state index contributed by atoms with van der Waals surface area (Å²) in [6.45, 7) is 4.58. The van der Waals surface area contributed by atoms with Crippen LogP contribution in [0, 0.1) is 0 Å². The number of carbonyl (C=O) groups excluding carboxylic acids is 3. The molecule has 0 fully saturated rings. The Bertz CT molecular complexity index is 1060. The standard InChI is InChI=1S/C48H85NO7/c1-6-8-10-12-14-16-18-20-22-23-25-26-28-30-32-34-36-38-46(50)55-43-44(42-54-41-40-45(48(52)53)49(3,4)5)56-47(51)39-37-35-33-31-29-27-24-21-19-17-15-13-11-9-7-2/h17,19-20,22,25-26,30,32,44-45H,6-16,18,21,23-24,27-29,31,33-43H2,1-5H3/b19-17+,22-20+,26-25+,32-30+. The molecule has 0 spiro atoms. The summed E-state index contributed by atoms with van der Waals surface area (Å²) in [6, 6.07) is -0.734. The Morgan fingerprint density at radius 2 is 0.964 bits per heavy atom. The highest BCUT2D eigenvalue weighted by Gasteiger charge is 2.25. The number of hydrogen-bond acceptors (Lipinski definition) is 7. The number of carboxylic acids is 1. The Morgan fingerprint density at radius 3 is 1.48 bits per heavy atom. The summed E-state index contributed by atoms with van der Waals surface area (Å²) in [4.78, 5) is 36.8. The molecular weight excluding hydrogens is 703 g/mol. The highest BCUT2D eigenvalue weighted by atomic mass is 16.6. The van der Waals surface area contributed by atoms with Crippen LogP contribution in [0.1, 0.15) is 187 Å². The van der Waals surface area contributed by atoms with Gasteiger partial charge in [-0.25, -0.2) is 0 Å². The molecule has 0 aliphatic rings. The molecule has 0 aromatic heterocycles. The van der Waals surface area contributed by atoms with Gasteiger partial charge < -0.3 is 28.6 Å². The molecule has 0 aliphatic carbocycles. The largest absolute Gasteiger partial charge is 0.544 e. The van der Waals surface area contributed by atoms with E-state index in [1.165, 1.54) is 109 Å². The SMILES string of the molecule is CCCCCC/C=C/CCCCCCCCCC(=O)OC(COCCC(C(=O)[O-])[N+](C)(C)C)COC(=O)CCC/C=C/C/C=C/C/C=C/CCCCCCCC. The number of likely N-dealkylation sites (N-methyl/N-ethyl adjacent to an activating group) is 1. The summed E-state index contributed by atoms with van der Waals surface area (Å²) < 4.78 is 17.1. The van der Waals surface area contributed by atoms with E-state index in [1.807, 2.05) is 0 Å². The van der Waals surface area contributed by atoms with E-state index in [4.69, 9.17) is 14.2 Å². The minimum Gasteiger partial charge on any atom is -0.544 e. The maximum absolute atomic E-state index is 12.7. The molecule has 8 heteroatoms. The summed E-state index contributed by atoms with van der Waals surface area (Å²) >= 11 is 0. The normalized spacial score (nSPS) is 13.4. The van der Waals surface area contributed by atoms with Crippen molar-refractivity contribution in [2.24, 2.45) is 0 Å². The fourth-order valence-corrected chi connectivity index (χ4v) is 6.37. The minimum absolute atomic E-state index is 0.0230. The lowest BCUT2D eigenvalue weighted by Gasteiger charge is -2.34. The van der Waals surface area contributed by atoms with Crippen LogP contribution in [0.4, 0.5) is 0 Å². The zero-order valence-electron chi connectivity index (χ0n) is 36.8. The van der Waals surface area contributed by atoms with Crippen molar-refractivity contribution < 1.29 is 38.2 Å². The predicted molar refractivity (Wildman–Crippen MR) is 231 cm³/mol. The average Bonchev–Trinajstić information content (AvgIpc) is 3.15. The number of hydrogen-bond donors (Lipinski definition) is 0. The molecule has 0 N–H and O–H groups in total. The van der Waals surface area contributed by atoms with Gasteiger partial charge in [-0.05, 0) is 70.6 Å². The van der Waals surface area contributed by atoms with Crippen molar-refractivity contribution >= 4 is 17.9 Å². The smallest absolute Gasteiger partial charge is 0.306 e. The Kier molecular flexibility index (Phi) is 37.2. The van der Waals surface area contributed by atoms with Gasteiger partial charge in [-0.2, -0.15) is 0 Å². The van der Waals surface area contributed by atoms with Crippen molar-refractivity contribution in [2.45, 2.75) is 199 Å². The van der Waals surface area contributed by atoms with E-state index in [9.17, 15) is 19.5 Å². The lowest BCUT2D eigenvalue weighted by Crippen LogP contribution is -2.55. The minimum atomic E-state index is -1.13. The second-order valence-electron chi connectivity index (χ2n) is 16.3. The molecule has 0 saturated heterocycles. The van der Waals surface area contributed by atoms with Crippen LogP contribution in [0.15, 0.2) is 48.6 Å². The summed E-state index contributed by atoms with van der Waals surface area (Å²) in [5.41, 5.74) is 0. The molecule has 2 atom stereocenters. The molecule has 0 aliphatic heterocycles. The van der Waals surface area contributed by atoms with Crippen molar-refractivity contribution in [1.82, 2.24) is 0 Å². The van der Waals surface area contributed by atoms with Crippen LogP contribution < -0.4 is 5.11 Å².